The minimum Gasteiger partial charge on any atom is -0.423 e. The van der Waals surface area contributed by atoms with Crippen LogP contribution < -0.4 is 9.64 Å². The van der Waals surface area contributed by atoms with Crippen molar-refractivity contribution in [1.82, 2.24) is 0 Å². The number of carbonyl (C=O) groups is 3. The Morgan fingerprint density at radius 2 is 1.64 bits per heavy atom. The Morgan fingerprint density at radius 1 is 0.964 bits per heavy atom. The zero-order valence-corrected chi connectivity index (χ0v) is 15.8. The number of nitrogens with zero attached hydrogens (tertiary/aromatic N) is 1. The summed E-state index contributed by atoms with van der Waals surface area (Å²) in [6, 6.07) is 13.2. The van der Waals surface area contributed by atoms with Crippen molar-refractivity contribution in [3.8, 4) is 5.75 Å². The summed E-state index contributed by atoms with van der Waals surface area (Å²) >= 11 is 6.05. The largest absolute Gasteiger partial charge is 0.423 e. The van der Waals surface area contributed by atoms with E-state index in [2.05, 4.69) is 0 Å². The molecule has 0 radical (unpaired) electrons. The number of rotatable bonds is 3. The number of benzene rings is 2. The van der Waals surface area contributed by atoms with E-state index in [9.17, 15) is 14.4 Å². The lowest BCUT2D eigenvalue weighted by Gasteiger charge is -2.19. The summed E-state index contributed by atoms with van der Waals surface area (Å²) < 4.78 is 5.43. The predicted octanol–water partition coefficient (Wildman–Crippen LogP) is 4.09. The summed E-state index contributed by atoms with van der Waals surface area (Å²) in [5.41, 5.74) is 0.710. The second kappa shape index (κ2) is 6.45. The summed E-state index contributed by atoms with van der Waals surface area (Å²) in [5, 5.41) is 0.303. The molecule has 2 aliphatic carbocycles. The first-order valence-corrected chi connectivity index (χ1v) is 9.87. The molecule has 0 N–H and O–H groups in total. The molecular weight excluding hydrogens is 378 g/mol. The van der Waals surface area contributed by atoms with Crippen LogP contribution >= 0.6 is 11.6 Å². The van der Waals surface area contributed by atoms with Crippen molar-refractivity contribution in [2.45, 2.75) is 19.3 Å². The van der Waals surface area contributed by atoms with Crippen LogP contribution in [0.1, 0.15) is 29.6 Å². The molecule has 28 heavy (non-hydrogen) atoms. The van der Waals surface area contributed by atoms with E-state index in [1.807, 2.05) is 0 Å². The Morgan fingerprint density at radius 3 is 2.32 bits per heavy atom. The Kier molecular flexibility index (Phi) is 4.02. The Labute approximate surface area is 167 Å². The molecule has 1 heterocycles. The predicted molar refractivity (Wildman–Crippen MR) is 103 cm³/mol. The van der Waals surface area contributed by atoms with E-state index in [0.717, 1.165) is 19.3 Å². The quantitative estimate of drug-likeness (QED) is 0.446. The summed E-state index contributed by atoms with van der Waals surface area (Å²) in [4.78, 5) is 39.6. The van der Waals surface area contributed by atoms with Gasteiger partial charge in [-0.1, -0.05) is 29.8 Å². The highest BCUT2D eigenvalue weighted by Crippen LogP contribution is 2.56. The van der Waals surface area contributed by atoms with E-state index in [1.165, 1.54) is 4.90 Å². The number of imide groups is 1. The number of hydrogen-bond donors (Lipinski definition) is 0. The highest BCUT2D eigenvalue weighted by Gasteiger charge is 2.61. The molecule has 2 aromatic rings. The molecule has 2 amide bonds. The van der Waals surface area contributed by atoms with Crippen LogP contribution in [-0.4, -0.2) is 17.8 Å². The summed E-state index contributed by atoms with van der Waals surface area (Å²) in [5.74, 6) is -0.245. The van der Waals surface area contributed by atoms with E-state index in [4.69, 9.17) is 16.3 Å². The minimum atomic E-state index is -0.586. The van der Waals surface area contributed by atoms with Crippen LogP contribution in [0.5, 0.6) is 5.75 Å². The zero-order chi connectivity index (χ0) is 19.4. The molecule has 142 valence electrons. The topological polar surface area (TPSA) is 63.7 Å². The Balaban J connectivity index is 1.41. The van der Waals surface area contributed by atoms with Crippen LogP contribution in [0, 0.1) is 23.7 Å². The Hall–Kier alpha value is -2.66. The van der Waals surface area contributed by atoms with Gasteiger partial charge in [0.1, 0.15) is 5.75 Å². The number of ether oxygens (including phenoxy) is 1. The molecule has 2 aromatic carbocycles. The average Bonchev–Trinajstić information content (AvgIpc) is 3.36. The van der Waals surface area contributed by atoms with Crippen LogP contribution in [0.2, 0.25) is 5.02 Å². The summed E-state index contributed by atoms with van der Waals surface area (Å²) in [7, 11) is 0. The van der Waals surface area contributed by atoms with Gasteiger partial charge in [-0.3, -0.25) is 9.59 Å². The van der Waals surface area contributed by atoms with Gasteiger partial charge in [-0.25, -0.2) is 9.69 Å². The van der Waals surface area contributed by atoms with Crippen molar-refractivity contribution in [3.63, 3.8) is 0 Å². The van der Waals surface area contributed by atoms with Crippen LogP contribution in [0.4, 0.5) is 5.69 Å². The number of anilines is 1. The molecule has 0 aromatic heterocycles. The van der Waals surface area contributed by atoms with Crippen molar-refractivity contribution in [3.05, 3.63) is 59.1 Å². The first-order valence-electron chi connectivity index (χ1n) is 9.49. The summed E-state index contributed by atoms with van der Waals surface area (Å²) in [6.45, 7) is 0. The number of halogens is 1. The SMILES string of the molecule is O=C(Oc1cccc(N2C(=O)[C@@H]3[C@@H]4CC[C@@H](C4)[C@@H]3C2=O)c1)c1ccccc1Cl. The molecule has 4 atom stereocenters. The molecule has 2 bridgehead atoms. The molecule has 1 aliphatic heterocycles. The number of fused-ring (bicyclic) bond motifs is 5. The van der Waals surface area contributed by atoms with Crippen molar-refractivity contribution in [2.75, 3.05) is 4.90 Å². The third-order valence-electron chi connectivity index (χ3n) is 6.31. The molecule has 2 saturated carbocycles. The van der Waals surface area contributed by atoms with Crippen molar-refractivity contribution >= 4 is 35.1 Å². The molecule has 6 heteroatoms. The summed E-state index contributed by atoms with van der Waals surface area (Å²) in [6.07, 6.45) is 3.07. The first-order chi connectivity index (χ1) is 13.5. The van der Waals surface area contributed by atoms with E-state index in [0.29, 0.717) is 22.5 Å². The van der Waals surface area contributed by atoms with Gasteiger partial charge in [-0.2, -0.15) is 0 Å². The van der Waals surface area contributed by atoms with Crippen molar-refractivity contribution in [2.24, 2.45) is 23.7 Å². The fourth-order valence-corrected chi connectivity index (χ4v) is 5.35. The standard InChI is InChI=1S/C22H18ClNO4/c23-17-7-2-1-6-16(17)22(27)28-15-5-3-4-14(11-15)24-20(25)18-12-8-9-13(10-12)19(18)21(24)26/h1-7,11-13,18-19H,8-10H2/t12-,13+,18-,19+. The lowest BCUT2D eigenvalue weighted by atomic mass is 9.81. The molecule has 5 nitrogen and oxygen atoms in total. The van der Waals surface area contributed by atoms with E-state index >= 15 is 0 Å². The molecule has 5 rings (SSSR count). The van der Waals surface area contributed by atoms with E-state index < -0.39 is 5.97 Å². The monoisotopic (exact) mass is 395 g/mol. The van der Waals surface area contributed by atoms with Gasteiger partial charge in [0.05, 0.1) is 28.1 Å². The number of esters is 1. The second-order valence-electron chi connectivity index (χ2n) is 7.76. The maximum Gasteiger partial charge on any atom is 0.345 e. The second-order valence-corrected chi connectivity index (χ2v) is 8.17. The highest BCUT2D eigenvalue weighted by molar-refractivity contribution is 6.33. The van der Waals surface area contributed by atoms with Gasteiger partial charge < -0.3 is 4.74 Å². The first kappa shape index (κ1) is 17.4. The number of amides is 2. The molecular formula is C22H18ClNO4. The maximum atomic E-state index is 13.0. The average molecular weight is 396 g/mol. The van der Waals surface area contributed by atoms with Crippen LogP contribution in [0.25, 0.3) is 0 Å². The van der Waals surface area contributed by atoms with Crippen LogP contribution in [0.15, 0.2) is 48.5 Å². The molecule has 1 saturated heterocycles. The van der Waals surface area contributed by atoms with Gasteiger partial charge in [-0.15, -0.1) is 0 Å². The molecule has 0 spiro atoms. The van der Waals surface area contributed by atoms with E-state index in [1.54, 1.807) is 48.5 Å². The zero-order valence-electron chi connectivity index (χ0n) is 15.0. The third-order valence-corrected chi connectivity index (χ3v) is 6.64. The lowest BCUT2D eigenvalue weighted by molar-refractivity contribution is -0.123. The molecule has 0 unspecified atom stereocenters. The lowest BCUT2D eigenvalue weighted by Crippen LogP contribution is -2.32. The fraction of sp³-hybridized carbons (Fsp3) is 0.318. The minimum absolute atomic E-state index is 0.114. The van der Waals surface area contributed by atoms with Crippen LogP contribution in [-0.2, 0) is 9.59 Å². The van der Waals surface area contributed by atoms with Gasteiger partial charge in [-0.05, 0) is 55.4 Å². The normalized spacial score (nSPS) is 28.0. The van der Waals surface area contributed by atoms with Gasteiger partial charge in [0, 0.05) is 6.07 Å². The third kappa shape index (κ3) is 2.57. The smallest absolute Gasteiger partial charge is 0.345 e. The fourth-order valence-electron chi connectivity index (χ4n) is 5.14. The van der Waals surface area contributed by atoms with Crippen molar-refractivity contribution < 1.29 is 19.1 Å². The highest BCUT2D eigenvalue weighted by atomic mass is 35.5. The molecule has 3 fully saturated rings. The van der Waals surface area contributed by atoms with Gasteiger partial charge >= 0.3 is 5.97 Å². The van der Waals surface area contributed by atoms with E-state index in [-0.39, 0.29) is 35.0 Å². The van der Waals surface area contributed by atoms with Gasteiger partial charge in [0.2, 0.25) is 11.8 Å². The van der Waals surface area contributed by atoms with Crippen LogP contribution in [0.3, 0.4) is 0 Å². The Bertz CT molecular complexity index is 976. The van der Waals surface area contributed by atoms with Gasteiger partial charge in [0.15, 0.2) is 0 Å². The molecule has 3 aliphatic rings. The van der Waals surface area contributed by atoms with Gasteiger partial charge in [0.25, 0.3) is 0 Å². The number of carbonyl (C=O) groups excluding carboxylic acids is 3. The maximum absolute atomic E-state index is 13.0. The number of hydrogen-bond acceptors (Lipinski definition) is 4. The van der Waals surface area contributed by atoms with Crippen molar-refractivity contribution in [1.29, 1.82) is 0 Å².